The normalized spacial score (nSPS) is 19.2. The van der Waals surface area contributed by atoms with Gasteiger partial charge in [-0.3, -0.25) is 4.90 Å². The third kappa shape index (κ3) is 3.49. The first-order chi connectivity index (χ1) is 10.2. The Morgan fingerprint density at radius 2 is 2.38 bits per heavy atom. The highest BCUT2D eigenvalue weighted by molar-refractivity contribution is 5.52. The fourth-order valence-corrected chi connectivity index (χ4v) is 2.87. The van der Waals surface area contributed by atoms with Gasteiger partial charge in [-0.2, -0.15) is 0 Å². The van der Waals surface area contributed by atoms with E-state index < -0.39 is 0 Å². The molecule has 1 aromatic carbocycles. The fourth-order valence-electron chi connectivity index (χ4n) is 2.87. The average Bonchev–Trinajstić information content (AvgIpc) is 3.10. The van der Waals surface area contributed by atoms with Gasteiger partial charge in [0.15, 0.2) is 0 Å². The van der Waals surface area contributed by atoms with Crippen LogP contribution in [-0.2, 0) is 6.54 Å². The largest absolute Gasteiger partial charge is 0.444 e. The summed E-state index contributed by atoms with van der Waals surface area (Å²) in [6.07, 6.45) is 2.89. The molecule has 3 rings (SSSR count). The molecule has 21 heavy (non-hydrogen) atoms. The predicted molar refractivity (Wildman–Crippen MR) is 79.2 cm³/mol. The number of nitrogens with zero attached hydrogens (tertiary/aromatic N) is 2. The van der Waals surface area contributed by atoms with Crippen molar-refractivity contribution in [2.45, 2.75) is 13.0 Å². The quantitative estimate of drug-likeness (QED) is 0.918. The van der Waals surface area contributed by atoms with Gasteiger partial charge in [0.2, 0.25) is 5.89 Å². The zero-order chi connectivity index (χ0) is 14.7. The second-order valence-electron chi connectivity index (χ2n) is 5.60. The van der Waals surface area contributed by atoms with Crippen molar-refractivity contribution in [2.75, 3.05) is 26.7 Å². The first kappa shape index (κ1) is 14.2. The van der Waals surface area contributed by atoms with Gasteiger partial charge in [-0.25, -0.2) is 9.37 Å². The fraction of sp³-hybridized carbons (Fsp3) is 0.438. The Hall–Kier alpha value is -1.72. The lowest BCUT2D eigenvalue weighted by atomic mass is 10.1. The highest BCUT2D eigenvalue weighted by Gasteiger charge is 2.22. The number of aromatic nitrogens is 1. The van der Waals surface area contributed by atoms with Crippen LogP contribution in [0.5, 0.6) is 0 Å². The van der Waals surface area contributed by atoms with E-state index in [0.29, 0.717) is 17.4 Å². The highest BCUT2D eigenvalue weighted by atomic mass is 19.1. The van der Waals surface area contributed by atoms with E-state index in [0.717, 1.165) is 31.9 Å². The summed E-state index contributed by atoms with van der Waals surface area (Å²) in [7, 11) is 1.99. The maximum absolute atomic E-state index is 13.2. The summed E-state index contributed by atoms with van der Waals surface area (Å²) in [6.45, 7) is 4.03. The van der Waals surface area contributed by atoms with Crippen LogP contribution in [0.2, 0.25) is 0 Å². The molecule has 1 atom stereocenters. The molecular weight excluding hydrogens is 269 g/mol. The molecule has 0 amide bonds. The van der Waals surface area contributed by atoms with Crippen molar-refractivity contribution in [3.8, 4) is 11.5 Å². The number of rotatable bonds is 5. The molecular formula is C16H20FN3O. The number of benzene rings is 1. The second kappa shape index (κ2) is 6.37. The smallest absolute Gasteiger partial charge is 0.226 e. The van der Waals surface area contributed by atoms with Crippen molar-refractivity contribution in [3.05, 3.63) is 42.0 Å². The Labute approximate surface area is 124 Å². The van der Waals surface area contributed by atoms with Gasteiger partial charge in [-0.15, -0.1) is 0 Å². The summed E-state index contributed by atoms with van der Waals surface area (Å²) in [6, 6.07) is 6.32. The molecule has 1 fully saturated rings. The molecule has 0 aliphatic carbocycles. The predicted octanol–water partition coefficient (Wildman–Crippen LogP) is 2.52. The van der Waals surface area contributed by atoms with E-state index in [-0.39, 0.29) is 5.82 Å². The van der Waals surface area contributed by atoms with Crippen LogP contribution in [0.25, 0.3) is 11.5 Å². The molecule has 0 spiro atoms. The maximum atomic E-state index is 13.2. The van der Waals surface area contributed by atoms with Crippen molar-refractivity contribution in [3.63, 3.8) is 0 Å². The highest BCUT2D eigenvalue weighted by Crippen LogP contribution is 2.22. The Morgan fingerprint density at radius 1 is 1.48 bits per heavy atom. The standard InChI is InChI=1S/C16H20FN3O/c1-18-8-12-5-6-20(9-12)10-15-11-21-16(19-15)13-3-2-4-14(17)7-13/h2-4,7,11-12,18H,5-6,8-10H2,1H3. The minimum atomic E-state index is -0.276. The van der Waals surface area contributed by atoms with E-state index in [2.05, 4.69) is 15.2 Å². The number of oxazole rings is 1. The Morgan fingerprint density at radius 3 is 3.19 bits per heavy atom. The topological polar surface area (TPSA) is 41.3 Å². The van der Waals surface area contributed by atoms with E-state index >= 15 is 0 Å². The van der Waals surface area contributed by atoms with Crippen LogP contribution < -0.4 is 5.32 Å². The van der Waals surface area contributed by atoms with Crippen molar-refractivity contribution in [1.82, 2.24) is 15.2 Å². The van der Waals surface area contributed by atoms with Gasteiger partial charge in [0.1, 0.15) is 12.1 Å². The number of likely N-dealkylation sites (tertiary alicyclic amines) is 1. The van der Waals surface area contributed by atoms with E-state index in [9.17, 15) is 4.39 Å². The molecule has 0 bridgehead atoms. The summed E-state index contributed by atoms with van der Waals surface area (Å²) in [5, 5.41) is 3.23. The molecule has 1 aliphatic heterocycles. The van der Waals surface area contributed by atoms with E-state index in [1.54, 1.807) is 18.4 Å². The third-order valence-electron chi connectivity index (χ3n) is 3.87. The number of hydrogen-bond acceptors (Lipinski definition) is 4. The summed E-state index contributed by atoms with van der Waals surface area (Å²) in [5.74, 6) is 0.918. The molecule has 0 saturated carbocycles. The first-order valence-electron chi connectivity index (χ1n) is 7.32. The van der Waals surface area contributed by atoms with Crippen molar-refractivity contribution in [1.29, 1.82) is 0 Å². The van der Waals surface area contributed by atoms with Crippen LogP contribution >= 0.6 is 0 Å². The molecule has 1 saturated heterocycles. The van der Waals surface area contributed by atoms with Crippen LogP contribution in [0, 0.1) is 11.7 Å². The second-order valence-corrected chi connectivity index (χ2v) is 5.60. The van der Waals surface area contributed by atoms with E-state index in [1.807, 2.05) is 7.05 Å². The van der Waals surface area contributed by atoms with Gasteiger partial charge in [-0.05, 0) is 50.7 Å². The number of hydrogen-bond donors (Lipinski definition) is 1. The van der Waals surface area contributed by atoms with Crippen LogP contribution in [0.1, 0.15) is 12.1 Å². The van der Waals surface area contributed by atoms with Crippen molar-refractivity contribution in [2.24, 2.45) is 5.92 Å². The van der Waals surface area contributed by atoms with E-state index in [1.165, 1.54) is 18.6 Å². The average molecular weight is 289 g/mol. The molecule has 1 aliphatic rings. The van der Waals surface area contributed by atoms with Gasteiger partial charge in [0.05, 0.1) is 5.69 Å². The van der Waals surface area contributed by atoms with Gasteiger partial charge >= 0.3 is 0 Å². The minimum Gasteiger partial charge on any atom is -0.444 e. The molecule has 1 N–H and O–H groups in total. The van der Waals surface area contributed by atoms with E-state index in [4.69, 9.17) is 4.42 Å². The minimum absolute atomic E-state index is 0.276. The van der Waals surface area contributed by atoms with Crippen LogP contribution in [0.4, 0.5) is 4.39 Å². The summed E-state index contributed by atoms with van der Waals surface area (Å²) in [5.41, 5.74) is 1.58. The molecule has 0 radical (unpaired) electrons. The van der Waals surface area contributed by atoms with Crippen LogP contribution in [0.15, 0.2) is 34.9 Å². The van der Waals surface area contributed by atoms with Gasteiger partial charge < -0.3 is 9.73 Å². The number of halogens is 1. The molecule has 1 unspecified atom stereocenters. The zero-order valence-corrected chi connectivity index (χ0v) is 12.2. The summed E-state index contributed by atoms with van der Waals surface area (Å²) in [4.78, 5) is 6.85. The molecule has 1 aromatic heterocycles. The van der Waals surface area contributed by atoms with Gasteiger partial charge in [0, 0.05) is 18.7 Å². The monoisotopic (exact) mass is 289 g/mol. The molecule has 2 heterocycles. The SMILES string of the molecule is CNCC1CCN(Cc2coc(-c3cccc(F)c3)n2)C1. The summed E-state index contributed by atoms with van der Waals surface area (Å²) < 4.78 is 18.7. The van der Waals surface area contributed by atoms with Crippen molar-refractivity contribution >= 4 is 0 Å². The molecule has 112 valence electrons. The van der Waals surface area contributed by atoms with Gasteiger partial charge in [-0.1, -0.05) is 6.07 Å². The zero-order valence-electron chi connectivity index (χ0n) is 12.2. The summed E-state index contributed by atoms with van der Waals surface area (Å²) >= 11 is 0. The number of nitrogens with one attached hydrogen (secondary N) is 1. The van der Waals surface area contributed by atoms with Crippen molar-refractivity contribution < 1.29 is 8.81 Å². The molecule has 5 heteroatoms. The van der Waals surface area contributed by atoms with Crippen LogP contribution in [0.3, 0.4) is 0 Å². The Kier molecular flexibility index (Phi) is 4.31. The molecule has 2 aromatic rings. The lowest BCUT2D eigenvalue weighted by molar-refractivity contribution is 0.311. The third-order valence-corrected chi connectivity index (χ3v) is 3.87. The Balaban J connectivity index is 1.63. The lowest BCUT2D eigenvalue weighted by Crippen LogP contribution is -2.24. The van der Waals surface area contributed by atoms with Crippen LogP contribution in [-0.4, -0.2) is 36.6 Å². The molecule has 4 nitrogen and oxygen atoms in total. The van der Waals surface area contributed by atoms with Gasteiger partial charge in [0.25, 0.3) is 0 Å². The Bertz CT molecular complexity index is 599. The first-order valence-corrected chi connectivity index (χ1v) is 7.32. The maximum Gasteiger partial charge on any atom is 0.226 e. The lowest BCUT2D eigenvalue weighted by Gasteiger charge is -2.13.